The van der Waals surface area contributed by atoms with Gasteiger partial charge in [0.25, 0.3) is 0 Å². The fourth-order valence-corrected chi connectivity index (χ4v) is 2.01. The quantitative estimate of drug-likeness (QED) is 0.595. The van der Waals surface area contributed by atoms with E-state index >= 15 is 0 Å². The van der Waals surface area contributed by atoms with E-state index in [1.165, 1.54) is 51.7 Å². The van der Waals surface area contributed by atoms with Crippen molar-refractivity contribution in [2.45, 2.75) is 16.3 Å². The van der Waals surface area contributed by atoms with Gasteiger partial charge in [-0.2, -0.15) is 0 Å². The van der Waals surface area contributed by atoms with Crippen LogP contribution in [0.1, 0.15) is 12.8 Å². The minimum atomic E-state index is 1.12. The van der Waals surface area contributed by atoms with Gasteiger partial charge in [0.15, 0.2) is 0 Å². The number of nitrogens with zero attached hydrogens (tertiary/aromatic N) is 1. The Morgan fingerprint density at radius 1 is 1.38 bits per heavy atom. The van der Waals surface area contributed by atoms with Crippen LogP contribution in [0.25, 0.3) is 0 Å². The van der Waals surface area contributed by atoms with E-state index < -0.39 is 0 Å². The van der Waals surface area contributed by atoms with E-state index in [0.29, 0.717) is 0 Å². The molecule has 0 unspecified atom stereocenters. The van der Waals surface area contributed by atoms with Gasteiger partial charge in [0.1, 0.15) is 0 Å². The molecule has 1 heterocycles. The second kappa shape index (κ2) is 3.15. The summed E-state index contributed by atoms with van der Waals surface area (Å²) in [6, 6.07) is 0. The van der Waals surface area contributed by atoms with Gasteiger partial charge in [0.05, 0.1) is 0 Å². The molecule has 1 nitrogen and oxygen atoms in total. The minimum absolute atomic E-state index is 1.12. The maximum absolute atomic E-state index is 2.42. The van der Waals surface area contributed by atoms with Gasteiger partial charge in [-0.15, -0.1) is 0 Å². The number of likely N-dealkylation sites (tertiary alicyclic amines) is 1. The molecule has 0 aromatic heterocycles. The van der Waals surface area contributed by atoms with Crippen molar-refractivity contribution in [3.8, 4) is 0 Å². The number of hydrogen-bond donors (Lipinski definition) is 0. The summed E-state index contributed by atoms with van der Waals surface area (Å²) in [7, 11) is 2.22. The van der Waals surface area contributed by atoms with E-state index in [9.17, 15) is 0 Å². The third-order valence-corrected chi connectivity index (χ3v) is 3.96. The van der Waals surface area contributed by atoms with Crippen LogP contribution in [-0.4, -0.2) is 50.8 Å². The second-order valence-corrected chi connectivity index (χ2v) is 5.75. The van der Waals surface area contributed by atoms with Crippen LogP contribution >= 0.6 is 0 Å². The van der Waals surface area contributed by atoms with Gasteiger partial charge in [-0.3, -0.25) is 0 Å². The van der Waals surface area contributed by atoms with E-state index in [0.717, 1.165) is 3.48 Å². The average Bonchev–Trinajstić information content (AvgIpc) is 1.77. The van der Waals surface area contributed by atoms with Crippen molar-refractivity contribution in [1.82, 2.24) is 4.90 Å². The summed E-state index contributed by atoms with van der Waals surface area (Å²) >= 11 is 1.42. The predicted molar refractivity (Wildman–Crippen MR) is 36.2 cm³/mol. The second-order valence-electron chi connectivity index (χ2n) is 2.58. The molecule has 8 heavy (non-hydrogen) atoms. The Balaban J connectivity index is 2.19. The van der Waals surface area contributed by atoms with Crippen molar-refractivity contribution in [2.24, 2.45) is 0 Å². The van der Waals surface area contributed by atoms with Crippen LogP contribution in [-0.2, 0) is 0 Å². The van der Waals surface area contributed by atoms with Gasteiger partial charge in [-0.25, -0.2) is 0 Å². The van der Waals surface area contributed by atoms with Crippen LogP contribution in [0.2, 0.25) is 3.48 Å². The first-order chi connectivity index (χ1) is 3.79. The van der Waals surface area contributed by atoms with Crippen LogP contribution in [0.15, 0.2) is 0 Å². The fraction of sp³-hybridized carbons (Fsp3) is 1.00. The Bertz CT molecular complexity index is 56.9. The van der Waals surface area contributed by atoms with Crippen LogP contribution in [0.3, 0.4) is 0 Å². The molecule has 1 saturated heterocycles. The van der Waals surface area contributed by atoms with Gasteiger partial charge in [-0.05, 0) is 0 Å². The summed E-state index contributed by atoms with van der Waals surface area (Å²) in [5.41, 5.74) is 0. The summed E-state index contributed by atoms with van der Waals surface area (Å²) in [6.07, 6.45) is 2.92. The van der Waals surface area contributed by atoms with E-state index in [2.05, 4.69) is 11.9 Å². The number of piperidine rings is 1. The standard InChI is InChI=1S/C6H12N.Pb/c1-7-5-3-2-4-6-7;/h2H,3-6H2,1H3;. The van der Waals surface area contributed by atoms with Crippen molar-refractivity contribution in [3.63, 3.8) is 0 Å². The summed E-state index contributed by atoms with van der Waals surface area (Å²) in [5.74, 6) is 0. The topological polar surface area (TPSA) is 3.24 Å². The maximum atomic E-state index is 2.42. The third-order valence-electron chi connectivity index (χ3n) is 1.72. The molecule has 0 atom stereocenters. The molecule has 2 heteroatoms. The molecule has 0 spiro atoms. The zero-order valence-electron chi connectivity index (χ0n) is 5.35. The molecule has 1 aliphatic heterocycles. The first kappa shape index (κ1) is 6.99. The molecule has 3 radical (unpaired) electrons. The monoisotopic (exact) mass is 306 g/mol. The molecule has 1 rings (SSSR count). The van der Waals surface area contributed by atoms with Crippen LogP contribution < -0.4 is 0 Å². The SMILES string of the molecule is CN1CC[CH]([Pb])CC1. The van der Waals surface area contributed by atoms with Crippen molar-refractivity contribution in [2.75, 3.05) is 20.1 Å². The predicted octanol–water partition coefficient (Wildman–Crippen LogP) is 0.669. The molecule has 0 amide bonds. The van der Waals surface area contributed by atoms with Gasteiger partial charge in [0, 0.05) is 0 Å². The Morgan fingerprint density at radius 3 is 2.25 bits per heavy atom. The molecule has 1 aliphatic rings. The molecular weight excluding hydrogens is 293 g/mol. The molecule has 0 aromatic carbocycles. The van der Waals surface area contributed by atoms with Crippen LogP contribution in [0.4, 0.5) is 0 Å². The van der Waals surface area contributed by atoms with Crippen LogP contribution in [0.5, 0.6) is 0 Å². The van der Waals surface area contributed by atoms with Crippen molar-refractivity contribution in [3.05, 3.63) is 0 Å². The van der Waals surface area contributed by atoms with Crippen molar-refractivity contribution < 1.29 is 0 Å². The normalized spacial score (nSPS) is 26.2. The molecular formula is C6H12NPb. The van der Waals surface area contributed by atoms with Gasteiger partial charge < -0.3 is 0 Å². The third kappa shape index (κ3) is 2.01. The van der Waals surface area contributed by atoms with Gasteiger partial charge in [-0.1, -0.05) is 0 Å². The first-order valence-corrected chi connectivity index (χ1v) is 5.43. The van der Waals surface area contributed by atoms with E-state index in [-0.39, 0.29) is 0 Å². The Hall–Kier alpha value is 0.882. The molecule has 0 saturated carbocycles. The molecule has 0 N–H and O–H groups in total. The number of rotatable bonds is 0. The zero-order valence-corrected chi connectivity index (χ0v) is 9.24. The van der Waals surface area contributed by atoms with Gasteiger partial charge >= 0.3 is 67.1 Å². The van der Waals surface area contributed by atoms with E-state index in [4.69, 9.17) is 0 Å². The van der Waals surface area contributed by atoms with Crippen LogP contribution in [0, 0.1) is 0 Å². The van der Waals surface area contributed by atoms with E-state index in [1.54, 1.807) is 0 Å². The Labute approximate surface area is 67.1 Å². The summed E-state index contributed by atoms with van der Waals surface area (Å²) in [5, 5.41) is 0. The summed E-state index contributed by atoms with van der Waals surface area (Å²) in [6.45, 7) is 2.68. The van der Waals surface area contributed by atoms with Gasteiger partial charge in [0.2, 0.25) is 0 Å². The Morgan fingerprint density at radius 2 is 1.88 bits per heavy atom. The molecule has 0 aromatic rings. The summed E-state index contributed by atoms with van der Waals surface area (Å²) < 4.78 is 1.12. The van der Waals surface area contributed by atoms with E-state index in [1.807, 2.05) is 0 Å². The van der Waals surface area contributed by atoms with Crippen molar-refractivity contribution in [1.29, 1.82) is 0 Å². The zero-order chi connectivity index (χ0) is 5.98. The molecule has 45 valence electrons. The summed E-state index contributed by atoms with van der Waals surface area (Å²) in [4.78, 5) is 2.42. The molecule has 0 bridgehead atoms. The molecule has 1 fully saturated rings. The molecule has 0 aliphatic carbocycles. The van der Waals surface area contributed by atoms with Crippen molar-refractivity contribution >= 4 is 25.8 Å². The number of hydrogen-bond acceptors (Lipinski definition) is 1. The first-order valence-electron chi connectivity index (χ1n) is 3.18. The Kier molecular flexibility index (Phi) is 2.76. The fourth-order valence-electron chi connectivity index (χ4n) is 1.01. The average molecular weight is 305 g/mol.